The first kappa shape index (κ1) is 15.7. The van der Waals surface area contributed by atoms with Crippen molar-refractivity contribution >= 4 is 27.7 Å². The van der Waals surface area contributed by atoms with Crippen LogP contribution in [0, 0.1) is 5.82 Å². The fraction of sp³-hybridized carbons (Fsp3) is 0.231. The lowest BCUT2D eigenvalue weighted by Crippen LogP contribution is -2.11. The molecule has 1 aromatic heterocycles. The van der Waals surface area contributed by atoms with Crippen molar-refractivity contribution in [2.24, 2.45) is 0 Å². The molecule has 21 heavy (non-hydrogen) atoms. The van der Waals surface area contributed by atoms with Gasteiger partial charge in [-0.3, -0.25) is 9.48 Å². The van der Waals surface area contributed by atoms with E-state index >= 15 is 0 Å². The summed E-state index contributed by atoms with van der Waals surface area (Å²) in [6, 6.07) is 3.76. The Kier molecular flexibility index (Phi) is 4.43. The molecule has 0 unspecified atom stereocenters. The van der Waals surface area contributed by atoms with Gasteiger partial charge in [-0.25, -0.2) is 12.8 Å². The molecular formula is C13H12ClFN2O3S. The second kappa shape index (κ2) is 5.95. The molecule has 5 nitrogen and oxygen atoms in total. The summed E-state index contributed by atoms with van der Waals surface area (Å²) in [5, 5.41) is 4.29. The summed E-state index contributed by atoms with van der Waals surface area (Å²) in [5.41, 5.74) is 0.971. The van der Waals surface area contributed by atoms with E-state index in [1.54, 1.807) is 0 Å². The van der Waals surface area contributed by atoms with Gasteiger partial charge in [0.15, 0.2) is 6.29 Å². The Balaban J connectivity index is 2.39. The standard InChI is InChI=1S/C13H12ClFN2O3S/c1-21(19,20)5-4-17-7-9(8-18)13(16-17)11-3-2-10(15)6-12(11)14/h2-3,6-8H,4-5H2,1H3. The van der Waals surface area contributed by atoms with E-state index in [9.17, 15) is 17.6 Å². The Labute approximate surface area is 126 Å². The lowest BCUT2D eigenvalue weighted by Gasteiger charge is -2.02. The number of benzene rings is 1. The van der Waals surface area contributed by atoms with Gasteiger partial charge in [-0.15, -0.1) is 0 Å². The van der Waals surface area contributed by atoms with E-state index in [-0.39, 0.29) is 22.9 Å². The Morgan fingerprint density at radius 1 is 1.43 bits per heavy atom. The van der Waals surface area contributed by atoms with E-state index in [2.05, 4.69) is 5.10 Å². The number of aromatic nitrogens is 2. The molecule has 0 amide bonds. The molecule has 112 valence electrons. The molecule has 0 saturated carbocycles. The molecule has 0 saturated heterocycles. The Hall–Kier alpha value is -1.73. The maximum atomic E-state index is 13.1. The molecule has 0 radical (unpaired) electrons. The van der Waals surface area contributed by atoms with E-state index in [4.69, 9.17) is 11.6 Å². The summed E-state index contributed by atoms with van der Waals surface area (Å²) in [6.07, 6.45) is 3.15. The van der Waals surface area contributed by atoms with Crippen molar-refractivity contribution in [3.63, 3.8) is 0 Å². The SMILES string of the molecule is CS(=O)(=O)CCn1cc(C=O)c(-c2ccc(F)cc2Cl)n1. The predicted molar refractivity (Wildman–Crippen MR) is 77.7 cm³/mol. The maximum Gasteiger partial charge on any atom is 0.153 e. The Morgan fingerprint density at radius 2 is 2.14 bits per heavy atom. The van der Waals surface area contributed by atoms with Gasteiger partial charge in [-0.05, 0) is 18.2 Å². The Morgan fingerprint density at radius 3 is 2.71 bits per heavy atom. The third kappa shape index (κ3) is 3.89. The number of rotatable bonds is 5. The van der Waals surface area contributed by atoms with Crippen molar-refractivity contribution in [2.75, 3.05) is 12.0 Å². The number of halogens is 2. The quantitative estimate of drug-likeness (QED) is 0.788. The molecule has 0 spiro atoms. The highest BCUT2D eigenvalue weighted by atomic mass is 35.5. The summed E-state index contributed by atoms with van der Waals surface area (Å²) < 4.78 is 36.7. The predicted octanol–water partition coefficient (Wildman–Crippen LogP) is 2.20. The normalized spacial score (nSPS) is 11.6. The van der Waals surface area contributed by atoms with Gasteiger partial charge < -0.3 is 0 Å². The second-order valence-electron chi connectivity index (χ2n) is 4.57. The average Bonchev–Trinajstić information content (AvgIpc) is 2.79. The zero-order valence-corrected chi connectivity index (χ0v) is 12.7. The van der Waals surface area contributed by atoms with E-state index in [0.29, 0.717) is 17.5 Å². The van der Waals surface area contributed by atoms with Crippen LogP contribution in [0.3, 0.4) is 0 Å². The molecule has 1 heterocycles. The third-order valence-corrected chi connectivity index (χ3v) is 4.03. The van der Waals surface area contributed by atoms with Crippen molar-refractivity contribution in [3.05, 3.63) is 40.8 Å². The van der Waals surface area contributed by atoms with Gasteiger partial charge in [0, 0.05) is 18.0 Å². The molecule has 0 bridgehead atoms. The first-order chi connectivity index (χ1) is 9.80. The van der Waals surface area contributed by atoms with Crippen molar-refractivity contribution < 1.29 is 17.6 Å². The van der Waals surface area contributed by atoms with Crippen molar-refractivity contribution in [3.8, 4) is 11.3 Å². The number of carbonyl (C=O) groups is 1. The maximum absolute atomic E-state index is 13.1. The zero-order valence-electron chi connectivity index (χ0n) is 11.1. The number of hydrogen-bond acceptors (Lipinski definition) is 4. The number of hydrogen-bond donors (Lipinski definition) is 0. The van der Waals surface area contributed by atoms with Gasteiger partial charge in [0.25, 0.3) is 0 Å². The van der Waals surface area contributed by atoms with Crippen LogP contribution >= 0.6 is 11.6 Å². The van der Waals surface area contributed by atoms with Gasteiger partial charge >= 0.3 is 0 Å². The summed E-state index contributed by atoms with van der Waals surface area (Å²) in [4.78, 5) is 11.1. The molecule has 1 aromatic carbocycles. The molecule has 2 rings (SSSR count). The molecule has 0 atom stereocenters. The van der Waals surface area contributed by atoms with Gasteiger partial charge in [-0.2, -0.15) is 5.10 Å². The molecular weight excluding hydrogens is 319 g/mol. The lowest BCUT2D eigenvalue weighted by molar-refractivity contribution is 0.112. The molecule has 0 N–H and O–H groups in total. The number of nitrogens with zero attached hydrogens (tertiary/aromatic N) is 2. The highest BCUT2D eigenvalue weighted by Crippen LogP contribution is 2.29. The summed E-state index contributed by atoms with van der Waals surface area (Å²) >= 11 is 5.95. The van der Waals surface area contributed by atoms with Crippen molar-refractivity contribution in [1.82, 2.24) is 9.78 Å². The number of sulfone groups is 1. The minimum atomic E-state index is -3.14. The van der Waals surface area contributed by atoms with Gasteiger partial charge in [0.2, 0.25) is 0 Å². The van der Waals surface area contributed by atoms with Crippen molar-refractivity contribution in [1.29, 1.82) is 0 Å². The minimum absolute atomic E-state index is 0.0937. The first-order valence-electron chi connectivity index (χ1n) is 5.96. The number of aryl methyl sites for hydroxylation is 1. The largest absolute Gasteiger partial charge is 0.298 e. The average molecular weight is 331 g/mol. The van der Waals surface area contributed by atoms with Gasteiger partial charge in [0.05, 0.1) is 22.9 Å². The van der Waals surface area contributed by atoms with Gasteiger partial charge in [-0.1, -0.05) is 11.6 Å². The van der Waals surface area contributed by atoms with Crippen LogP contribution < -0.4 is 0 Å². The zero-order chi connectivity index (χ0) is 15.6. The second-order valence-corrected chi connectivity index (χ2v) is 7.23. The van der Waals surface area contributed by atoms with Crippen LogP contribution in [0.5, 0.6) is 0 Å². The topological polar surface area (TPSA) is 69.0 Å². The van der Waals surface area contributed by atoms with Crippen LogP contribution in [-0.2, 0) is 16.4 Å². The van der Waals surface area contributed by atoms with Gasteiger partial charge in [0.1, 0.15) is 21.3 Å². The first-order valence-corrected chi connectivity index (χ1v) is 8.40. The highest BCUT2D eigenvalue weighted by Gasteiger charge is 2.15. The van der Waals surface area contributed by atoms with E-state index in [0.717, 1.165) is 12.3 Å². The van der Waals surface area contributed by atoms with Crippen molar-refractivity contribution in [2.45, 2.75) is 6.54 Å². The lowest BCUT2D eigenvalue weighted by atomic mass is 10.1. The van der Waals surface area contributed by atoms with Crippen LogP contribution in [0.1, 0.15) is 10.4 Å². The molecule has 8 heteroatoms. The monoisotopic (exact) mass is 330 g/mol. The molecule has 0 fully saturated rings. The minimum Gasteiger partial charge on any atom is -0.298 e. The van der Waals surface area contributed by atoms with Crippen LogP contribution in [-0.4, -0.2) is 36.5 Å². The molecule has 0 aliphatic carbocycles. The summed E-state index contributed by atoms with van der Waals surface area (Å²) in [6.45, 7) is 0.123. The van der Waals surface area contributed by atoms with Crippen LogP contribution in [0.2, 0.25) is 5.02 Å². The highest BCUT2D eigenvalue weighted by molar-refractivity contribution is 7.90. The van der Waals surface area contributed by atoms with Crippen LogP contribution in [0.4, 0.5) is 4.39 Å². The van der Waals surface area contributed by atoms with E-state index in [1.165, 1.54) is 23.0 Å². The van der Waals surface area contributed by atoms with Crippen LogP contribution in [0.15, 0.2) is 24.4 Å². The van der Waals surface area contributed by atoms with E-state index in [1.807, 2.05) is 0 Å². The fourth-order valence-corrected chi connectivity index (χ4v) is 2.56. The van der Waals surface area contributed by atoms with E-state index < -0.39 is 15.7 Å². The summed E-state index contributed by atoms with van der Waals surface area (Å²) in [5.74, 6) is -0.586. The smallest absolute Gasteiger partial charge is 0.153 e. The Bertz CT molecular complexity index is 787. The summed E-state index contributed by atoms with van der Waals surface area (Å²) in [7, 11) is -3.14. The molecule has 0 aliphatic heterocycles. The number of carbonyl (C=O) groups excluding carboxylic acids is 1. The third-order valence-electron chi connectivity index (χ3n) is 2.79. The van der Waals surface area contributed by atoms with Crippen LogP contribution in [0.25, 0.3) is 11.3 Å². The fourth-order valence-electron chi connectivity index (χ4n) is 1.79. The molecule has 2 aromatic rings. The molecule has 0 aliphatic rings. The number of aldehydes is 1.